The maximum absolute atomic E-state index is 13.7. The average molecular weight is 296 g/mol. The Bertz CT molecular complexity index is 510. The molecule has 114 valence electrons. The summed E-state index contributed by atoms with van der Waals surface area (Å²) in [4.78, 5) is 23.4. The van der Waals surface area contributed by atoms with E-state index in [0.29, 0.717) is 46.0 Å². The molecule has 0 bridgehead atoms. The van der Waals surface area contributed by atoms with Crippen LogP contribution in [0.3, 0.4) is 0 Å². The zero-order chi connectivity index (χ0) is 14.7. The zero-order valence-electron chi connectivity index (χ0n) is 11.6. The highest BCUT2D eigenvalue weighted by atomic mass is 19.1. The van der Waals surface area contributed by atoms with Crippen LogP contribution >= 0.6 is 0 Å². The van der Waals surface area contributed by atoms with Crippen LogP contribution in [-0.2, 0) is 14.3 Å². The lowest BCUT2D eigenvalue weighted by Gasteiger charge is -2.36. The molecule has 1 amide bonds. The van der Waals surface area contributed by atoms with Crippen LogP contribution in [0.25, 0.3) is 0 Å². The molecule has 1 aromatic heterocycles. The molecule has 7 nitrogen and oxygen atoms in total. The van der Waals surface area contributed by atoms with Crippen LogP contribution in [-0.4, -0.2) is 72.9 Å². The van der Waals surface area contributed by atoms with Crippen LogP contribution < -0.4 is 4.90 Å². The number of ether oxygens (including phenoxy) is 2. The van der Waals surface area contributed by atoms with Crippen molar-refractivity contribution >= 4 is 11.7 Å². The third-order valence-corrected chi connectivity index (χ3v) is 3.61. The van der Waals surface area contributed by atoms with E-state index in [1.54, 1.807) is 9.80 Å². The number of halogens is 1. The third kappa shape index (κ3) is 3.11. The molecule has 0 aromatic carbocycles. The lowest BCUT2D eigenvalue weighted by molar-refractivity contribution is -0.148. The zero-order valence-corrected chi connectivity index (χ0v) is 11.6. The van der Waals surface area contributed by atoms with Gasteiger partial charge in [0.25, 0.3) is 5.91 Å². The van der Waals surface area contributed by atoms with E-state index < -0.39 is 11.9 Å². The fourth-order valence-electron chi connectivity index (χ4n) is 2.52. The largest absolute Gasteiger partial charge is 0.378 e. The van der Waals surface area contributed by atoms with Crippen molar-refractivity contribution in [3.8, 4) is 0 Å². The molecule has 0 radical (unpaired) electrons. The van der Waals surface area contributed by atoms with E-state index in [-0.39, 0.29) is 11.7 Å². The molecule has 1 atom stereocenters. The minimum atomic E-state index is -0.591. The summed E-state index contributed by atoms with van der Waals surface area (Å²) in [5.74, 6) is -0.345. The molecule has 8 heteroatoms. The molecular weight excluding hydrogens is 279 g/mol. The number of anilines is 1. The first-order chi connectivity index (χ1) is 10.3. The van der Waals surface area contributed by atoms with Gasteiger partial charge in [-0.2, -0.15) is 0 Å². The summed E-state index contributed by atoms with van der Waals surface area (Å²) >= 11 is 0. The fourth-order valence-corrected chi connectivity index (χ4v) is 2.52. The number of hydrogen-bond donors (Lipinski definition) is 0. The lowest BCUT2D eigenvalue weighted by atomic mass is 10.2. The molecule has 0 saturated carbocycles. The van der Waals surface area contributed by atoms with E-state index in [4.69, 9.17) is 9.47 Å². The predicted octanol–water partition coefficient (Wildman–Crippen LogP) is -0.320. The monoisotopic (exact) mass is 296 g/mol. The number of nitrogens with zero attached hydrogens (tertiary/aromatic N) is 4. The summed E-state index contributed by atoms with van der Waals surface area (Å²) in [6.45, 7) is 3.39. The number of carbonyl (C=O) groups excluding carboxylic acids is 1. The SMILES string of the molecule is O=C(C1CN(c2ncncc2F)CCO1)N1CCOCC1. The van der Waals surface area contributed by atoms with E-state index in [2.05, 4.69) is 9.97 Å². The predicted molar refractivity (Wildman–Crippen MR) is 71.3 cm³/mol. The maximum Gasteiger partial charge on any atom is 0.253 e. The molecule has 2 aliphatic rings. The molecule has 3 rings (SSSR count). The second-order valence-electron chi connectivity index (χ2n) is 4.94. The maximum atomic E-state index is 13.7. The van der Waals surface area contributed by atoms with Crippen molar-refractivity contribution < 1.29 is 18.7 Å². The second-order valence-corrected chi connectivity index (χ2v) is 4.94. The first kappa shape index (κ1) is 14.2. The van der Waals surface area contributed by atoms with Gasteiger partial charge in [-0.1, -0.05) is 0 Å². The molecule has 2 aliphatic heterocycles. The van der Waals surface area contributed by atoms with Gasteiger partial charge in [-0.3, -0.25) is 4.79 Å². The highest BCUT2D eigenvalue weighted by Gasteiger charge is 2.32. The van der Waals surface area contributed by atoms with Gasteiger partial charge in [0, 0.05) is 19.6 Å². The summed E-state index contributed by atoms with van der Waals surface area (Å²) in [5, 5.41) is 0. The van der Waals surface area contributed by atoms with E-state index in [1.807, 2.05) is 0 Å². The molecule has 1 unspecified atom stereocenters. The minimum Gasteiger partial charge on any atom is -0.378 e. The Morgan fingerprint density at radius 3 is 2.86 bits per heavy atom. The molecule has 0 spiro atoms. The number of carbonyl (C=O) groups is 1. The minimum absolute atomic E-state index is 0.0718. The lowest BCUT2D eigenvalue weighted by Crippen LogP contribution is -2.53. The molecule has 2 saturated heterocycles. The Kier molecular flexibility index (Phi) is 4.26. The van der Waals surface area contributed by atoms with E-state index >= 15 is 0 Å². The topological polar surface area (TPSA) is 67.8 Å². The van der Waals surface area contributed by atoms with Crippen molar-refractivity contribution in [3.63, 3.8) is 0 Å². The van der Waals surface area contributed by atoms with Gasteiger partial charge < -0.3 is 19.3 Å². The Labute approximate surface area is 121 Å². The van der Waals surface area contributed by atoms with Crippen LogP contribution in [0.5, 0.6) is 0 Å². The van der Waals surface area contributed by atoms with Crippen molar-refractivity contribution in [1.29, 1.82) is 0 Å². The summed E-state index contributed by atoms with van der Waals surface area (Å²) < 4.78 is 24.5. The Balaban J connectivity index is 1.68. The van der Waals surface area contributed by atoms with E-state index in [9.17, 15) is 9.18 Å². The van der Waals surface area contributed by atoms with Crippen molar-refractivity contribution in [2.75, 3.05) is 50.9 Å². The van der Waals surface area contributed by atoms with Gasteiger partial charge in [0.15, 0.2) is 17.7 Å². The summed E-state index contributed by atoms with van der Waals surface area (Å²) in [6, 6.07) is 0. The molecular formula is C13H17FN4O3. The Morgan fingerprint density at radius 2 is 2.10 bits per heavy atom. The summed E-state index contributed by atoms with van der Waals surface area (Å²) in [7, 11) is 0. The van der Waals surface area contributed by atoms with E-state index in [1.165, 1.54) is 6.33 Å². The quantitative estimate of drug-likeness (QED) is 0.745. The van der Waals surface area contributed by atoms with Crippen LogP contribution in [0, 0.1) is 5.82 Å². The summed E-state index contributed by atoms with van der Waals surface area (Å²) in [6.07, 6.45) is 1.83. The van der Waals surface area contributed by atoms with Crippen molar-refractivity contribution in [3.05, 3.63) is 18.3 Å². The number of hydrogen-bond acceptors (Lipinski definition) is 6. The van der Waals surface area contributed by atoms with Gasteiger partial charge in [0.1, 0.15) is 6.33 Å². The van der Waals surface area contributed by atoms with Crippen LogP contribution in [0.1, 0.15) is 0 Å². The molecule has 21 heavy (non-hydrogen) atoms. The van der Waals surface area contributed by atoms with E-state index in [0.717, 1.165) is 6.20 Å². The van der Waals surface area contributed by atoms with Crippen molar-refractivity contribution in [2.45, 2.75) is 6.10 Å². The van der Waals surface area contributed by atoms with Gasteiger partial charge in [-0.15, -0.1) is 0 Å². The number of rotatable bonds is 2. The Hall–Kier alpha value is -1.80. The van der Waals surface area contributed by atoms with Gasteiger partial charge in [-0.25, -0.2) is 14.4 Å². The van der Waals surface area contributed by atoms with Crippen LogP contribution in [0.2, 0.25) is 0 Å². The van der Waals surface area contributed by atoms with Gasteiger partial charge in [0.2, 0.25) is 0 Å². The first-order valence-electron chi connectivity index (χ1n) is 6.94. The van der Waals surface area contributed by atoms with Gasteiger partial charge in [-0.05, 0) is 0 Å². The highest BCUT2D eigenvalue weighted by molar-refractivity contribution is 5.82. The third-order valence-electron chi connectivity index (χ3n) is 3.61. The Morgan fingerprint density at radius 1 is 1.29 bits per heavy atom. The average Bonchev–Trinajstić information content (AvgIpc) is 2.55. The molecule has 1 aromatic rings. The van der Waals surface area contributed by atoms with Gasteiger partial charge in [0.05, 0.1) is 32.6 Å². The van der Waals surface area contributed by atoms with Crippen LogP contribution in [0.15, 0.2) is 12.5 Å². The smallest absolute Gasteiger partial charge is 0.253 e. The number of amides is 1. The highest BCUT2D eigenvalue weighted by Crippen LogP contribution is 2.18. The first-order valence-corrected chi connectivity index (χ1v) is 6.94. The number of morpholine rings is 2. The normalized spacial score (nSPS) is 23.2. The van der Waals surface area contributed by atoms with Gasteiger partial charge >= 0.3 is 0 Å². The second kappa shape index (κ2) is 6.31. The standard InChI is InChI=1S/C13H17FN4O3/c14-10-7-15-9-16-12(10)18-3-6-21-11(8-18)13(19)17-1-4-20-5-2-17/h7,9,11H,1-6,8H2. The van der Waals surface area contributed by atoms with Crippen LogP contribution in [0.4, 0.5) is 10.2 Å². The number of aromatic nitrogens is 2. The van der Waals surface area contributed by atoms with Crippen molar-refractivity contribution in [2.24, 2.45) is 0 Å². The molecule has 0 N–H and O–H groups in total. The van der Waals surface area contributed by atoms with Crippen molar-refractivity contribution in [1.82, 2.24) is 14.9 Å². The molecule has 3 heterocycles. The molecule has 2 fully saturated rings. The fraction of sp³-hybridized carbons (Fsp3) is 0.615. The summed E-state index contributed by atoms with van der Waals surface area (Å²) in [5.41, 5.74) is 0. The molecule has 0 aliphatic carbocycles.